The van der Waals surface area contributed by atoms with E-state index in [-0.39, 0.29) is 4.87 Å². The summed E-state index contributed by atoms with van der Waals surface area (Å²) in [6, 6.07) is 7.80. The van der Waals surface area contributed by atoms with Gasteiger partial charge in [0.2, 0.25) is 0 Å². The highest BCUT2D eigenvalue weighted by atomic mass is 32.1. The lowest BCUT2D eigenvalue weighted by Gasteiger charge is -1.96. The molecule has 0 saturated heterocycles. The molecular weight excluding hydrogens is 170 g/mol. The van der Waals surface area contributed by atoms with E-state index in [1.165, 1.54) is 11.3 Å². The standard InChI is InChI=1S/C9H7NOS/c1-6-7-4-2-3-5-8(7)12-9(11)10-6/h2-5H,1H3. The Labute approximate surface area is 73.5 Å². The molecule has 12 heavy (non-hydrogen) atoms. The van der Waals surface area contributed by atoms with Gasteiger partial charge in [-0.2, -0.15) is 0 Å². The SMILES string of the molecule is Cc1nc(=O)sc2ccccc12. The van der Waals surface area contributed by atoms with Crippen molar-refractivity contribution in [2.75, 3.05) is 0 Å². The summed E-state index contributed by atoms with van der Waals surface area (Å²) in [6.07, 6.45) is 0. The van der Waals surface area contributed by atoms with Gasteiger partial charge in [0.05, 0.1) is 5.69 Å². The summed E-state index contributed by atoms with van der Waals surface area (Å²) in [6.45, 7) is 1.86. The van der Waals surface area contributed by atoms with Crippen LogP contribution in [0, 0.1) is 6.92 Å². The fraction of sp³-hybridized carbons (Fsp3) is 0.111. The molecule has 0 aliphatic heterocycles. The molecule has 0 spiro atoms. The molecule has 0 N–H and O–H groups in total. The van der Waals surface area contributed by atoms with Crippen molar-refractivity contribution in [1.29, 1.82) is 0 Å². The minimum Gasteiger partial charge on any atom is -0.255 e. The Hall–Kier alpha value is -1.22. The van der Waals surface area contributed by atoms with E-state index in [0.717, 1.165) is 15.8 Å². The zero-order chi connectivity index (χ0) is 8.55. The van der Waals surface area contributed by atoms with Gasteiger partial charge < -0.3 is 0 Å². The van der Waals surface area contributed by atoms with E-state index in [1.807, 2.05) is 31.2 Å². The lowest BCUT2D eigenvalue weighted by Crippen LogP contribution is -2.01. The molecule has 0 amide bonds. The average Bonchev–Trinajstić information content (AvgIpc) is 2.04. The van der Waals surface area contributed by atoms with Crippen molar-refractivity contribution in [3.63, 3.8) is 0 Å². The van der Waals surface area contributed by atoms with Crippen molar-refractivity contribution >= 4 is 21.4 Å². The number of aromatic nitrogens is 1. The van der Waals surface area contributed by atoms with Gasteiger partial charge in [0, 0.05) is 10.1 Å². The Kier molecular flexibility index (Phi) is 1.66. The summed E-state index contributed by atoms with van der Waals surface area (Å²) in [5.41, 5.74) is 0.814. The third-order valence-corrected chi connectivity index (χ3v) is 2.57. The van der Waals surface area contributed by atoms with Crippen molar-refractivity contribution in [1.82, 2.24) is 4.98 Å². The fourth-order valence-electron chi connectivity index (χ4n) is 1.17. The van der Waals surface area contributed by atoms with Crippen molar-refractivity contribution in [3.8, 4) is 0 Å². The minimum atomic E-state index is -0.119. The molecule has 1 heterocycles. The molecule has 1 aromatic carbocycles. The Balaban J connectivity index is 2.99. The van der Waals surface area contributed by atoms with Gasteiger partial charge in [-0.15, -0.1) is 0 Å². The van der Waals surface area contributed by atoms with Gasteiger partial charge in [0.1, 0.15) is 0 Å². The van der Waals surface area contributed by atoms with Gasteiger partial charge in [-0.3, -0.25) is 4.79 Å². The van der Waals surface area contributed by atoms with Crippen LogP contribution in [0.5, 0.6) is 0 Å². The molecule has 0 bridgehead atoms. The molecule has 3 heteroatoms. The summed E-state index contributed by atoms with van der Waals surface area (Å²) < 4.78 is 1.01. The van der Waals surface area contributed by atoms with E-state index in [2.05, 4.69) is 4.98 Å². The molecule has 0 unspecified atom stereocenters. The van der Waals surface area contributed by atoms with Crippen LogP contribution in [0.4, 0.5) is 0 Å². The van der Waals surface area contributed by atoms with Crippen molar-refractivity contribution in [3.05, 3.63) is 39.6 Å². The molecule has 2 nitrogen and oxygen atoms in total. The summed E-state index contributed by atoms with van der Waals surface area (Å²) in [4.78, 5) is 14.8. The molecule has 0 atom stereocenters. The predicted molar refractivity (Wildman–Crippen MR) is 50.6 cm³/mol. The number of fused-ring (bicyclic) bond motifs is 1. The van der Waals surface area contributed by atoms with Crippen molar-refractivity contribution in [2.45, 2.75) is 6.92 Å². The molecule has 0 aliphatic rings. The number of hydrogen-bond acceptors (Lipinski definition) is 3. The summed E-state index contributed by atoms with van der Waals surface area (Å²) in [5.74, 6) is 0. The Morgan fingerprint density at radius 3 is 2.92 bits per heavy atom. The number of benzene rings is 1. The van der Waals surface area contributed by atoms with Gasteiger partial charge in [0.15, 0.2) is 0 Å². The second kappa shape index (κ2) is 2.68. The maximum Gasteiger partial charge on any atom is 0.327 e. The van der Waals surface area contributed by atoms with E-state index >= 15 is 0 Å². The first-order valence-corrected chi connectivity index (χ1v) is 4.45. The molecule has 2 aromatic rings. The molecule has 0 radical (unpaired) electrons. The zero-order valence-electron chi connectivity index (χ0n) is 6.57. The van der Waals surface area contributed by atoms with Crippen LogP contribution in [0.2, 0.25) is 0 Å². The number of nitrogens with zero attached hydrogens (tertiary/aromatic N) is 1. The van der Waals surface area contributed by atoms with Crippen molar-refractivity contribution < 1.29 is 0 Å². The first kappa shape index (κ1) is 7.43. The van der Waals surface area contributed by atoms with Gasteiger partial charge in [-0.25, -0.2) is 4.98 Å². The average molecular weight is 177 g/mol. The second-order valence-corrected chi connectivity index (χ2v) is 3.55. The van der Waals surface area contributed by atoms with Crippen LogP contribution >= 0.6 is 11.3 Å². The molecular formula is C9H7NOS. The molecule has 60 valence electrons. The third kappa shape index (κ3) is 1.12. The normalized spacial score (nSPS) is 10.4. The summed E-state index contributed by atoms with van der Waals surface area (Å²) in [5, 5.41) is 1.07. The number of hydrogen-bond donors (Lipinski definition) is 0. The lowest BCUT2D eigenvalue weighted by molar-refractivity contribution is 1.22. The monoisotopic (exact) mass is 177 g/mol. The topological polar surface area (TPSA) is 30.0 Å². The largest absolute Gasteiger partial charge is 0.327 e. The van der Waals surface area contributed by atoms with Gasteiger partial charge >= 0.3 is 4.87 Å². The minimum absolute atomic E-state index is 0.119. The van der Waals surface area contributed by atoms with E-state index in [1.54, 1.807) is 0 Å². The molecule has 0 aliphatic carbocycles. The lowest BCUT2D eigenvalue weighted by atomic mass is 10.2. The molecule has 0 saturated carbocycles. The van der Waals surface area contributed by atoms with Crippen LogP contribution < -0.4 is 4.87 Å². The number of aryl methyl sites for hydroxylation is 1. The number of rotatable bonds is 0. The predicted octanol–water partition coefficient (Wildman–Crippen LogP) is 1.96. The van der Waals surface area contributed by atoms with Crippen LogP contribution in [-0.4, -0.2) is 4.98 Å². The maximum atomic E-state index is 11.0. The highest BCUT2D eigenvalue weighted by molar-refractivity contribution is 7.16. The van der Waals surface area contributed by atoms with Crippen LogP contribution in [0.1, 0.15) is 5.69 Å². The fourth-order valence-corrected chi connectivity index (χ4v) is 2.01. The Bertz CT molecular complexity index is 475. The second-order valence-electron chi connectivity index (χ2n) is 2.56. The van der Waals surface area contributed by atoms with Gasteiger partial charge in [0.25, 0.3) is 0 Å². The Morgan fingerprint density at radius 2 is 2.08 bits per heavy atom. The molecule has 2 rings (SSSR count). The Morgan fingerprint density at radius 1 is 1.33 bits per heavy atom. The van der Waals surface area contributed by atoms with Crippen LogP contribution in [0.25, 0.3) is 10.1 Å². The van der Waals surface area contributed by atoms with Crippen molar-refractivity contribution in [2.24, 2.45) is 0 Å². The quantitative estimate of drug-likeness (QED) is 0.615. The van der Waals surface area contributed by atoms with Crippen LogP contribution in [0.3, 0.4) is 0 Å². The van der Waals surface area contributed by atoms with Crippen LogP contribution in [0.15, 0.2) is 29.1 Å². The zero-order valence-corrected chi connectivity index (χ0v) is 7.39. The molecule has 0 fully saturated rings. The molecule has 1 aromatic heterocycles. The highest BCUT2D eigenvalue weighted by Crippen LogP contribution is 2.16. The highest BCUT2D eigenvalue weighted by Gasteiger charge is 1.98. The third-order valence-electron chi connectivity index (χ3n) is 1.73. The van der Waals surface area contributed by atoms with E-state index < -0.39 is 0 Å². The smallest absolute Gasteiger partial charge is 0.255 e. The first-order valence-electron chi connectivity index (χ1n) is 3.64. The van der Waals surface area contributed by atoms with E-state index in [0.29, 0.717) is 0 Å². The van der Waals surface area contributed by atoms with E-state index in [4.69, 9.17) is 0 Å². The van der Waals surface area contributed by atoms with Gasteiger partial charge in [-0.1, -0.05) is 29.5 Å². The van der Waals surface area contributed by atoms with Gasteiger partial charge in [-0.05, 0) is 13.0 Å². The summed E-state index contributed by atoms with van der Waals surface area (Å²) in [7, 11) is 0. The maximum absolute atomic E-state index is 11.0. The first-order chi connectivity index (χ1) is 5.77. The summed E-state index contributed by atoms with van der Waals surface area (Å²) >= 11 is 1.19. The van der Waals surface area contributed by atoms with E-state index in [9.17, 15) is 4.79 Å². The van der Waals surface area contributed by atoms with Crippen LogP contribution in [-0.2, 0) is 0 Å².